The van der Waals surface area contributed by atoms with Crippen molar-refractivity contribution in [1.29, 1.82) is 0 Å². The largest absolute Gasteiger partial charge is 0.291 e. The van der Waals surface area contributed by atoms with E-state index in [4.69, 9.17) is 11.6 Å². The van der Waals surface area contributed by atoms with E-state index in [1.54, 1.807) is 12.1 Å². The third-order valence-electron chi connectivity index (χ3n) is 3.43. The summed E-state index contributed by atoms with van der Waals surface area (Å²) < 4.78 is 2.91. The Bertz CT molecular complexity index is 1150. The fourth-order valence-corrected chi connectivity index (χ4v) is 3.75. The van der Waals surface area contributed by atoms with Crippen LogP contribution in [-0.4, -0.2) is 14.6 Å². The van der Waals surface area contributed by atoms with Crippen LogP contribution in [0.1, 0.15) is 5.56 Å². The van der Waals surface area contributed by atoms with Crippen LogP contribution in [-0.2, 0) is 0 Å². The van der Waals surface area contributed by atoms with Gasteiger partial charge in [0, 0.05) is 15.1 Å². The number of hydrogen-bond donors (Lipinski definition) is 0. The number of nitrogens with zero attached hydrogens (tertiary/aromatic N) is 3. The van der Waals surface area contributed by atoms with Crippen LogP contribution >= 0.6 is 38.9 Å². The minimum absolute atomic E-state index is 0.164. The number of fused-ring (bicyclic) bond motifs is 1. The molecule has 0 unspecified atom stereocenters. The van der Waals surface area contributed by atoms with Crippen LogP contribution in [0, 0.1) is 0 Å². The second-order valence-corrected chi connectivity index (χ2v) is 7.47. The molecule has 0 aliphatic heterocycles. The smallest absolute Gasteiger partial charge is 0.266 e. The molecule has 0 bridgehead atoms. The fraction of sp³-hybridized carbons (Fsp3) is 0. The molecule has 0 saturated carbocycles. The summed E-state index contributed by atoms with van der Waals surface area (Å²) in [6.07, 6.45) is 1.84. The molecule has 4 rings (SSSR count). The van der Waals surface area contributed by atoms with Crippen LogP contribution in [0.2, 0.25) is 5.02 Å². The van der Waals surface area contributed by atoms with Gasteiger partial charge in [0.1, 0.15) is 0 Å². The number of benzene rings is 2. The number of thiazole rings is 1. The van der Waals surface area contributed by atoms with E-state index in [1.807, 2.05) is 42.5 Å². The molecule has 24 heavy (non-hydrogen) atoms. The summed E-state index contributed by atoms with van der Waals surface area (Å²) >= 11 is 10.6. The monoisotopic (exact) mass is 417 g/mol. The average molecular weight is 419 g/mol. The minimum atomic E-state index is -0.164. The maximum absolute atomic E-state index is 12.5. The SMILES string of the molecule is O=c1/c(=C\c2cccc(Br)c2)sc2nc(-c3ccc(Cl)cc3)nn12. The molecule has 0 saturated heterocycles. The number of halogens is 2. The maximum atomic E-state index is 12.5. The van der Waals surface area contributed by atoms with Crippen molar-refractivity contribution in [2.45, 2.75) is 0 Å². The van der Waals surface area contributed by atoms with E-state index < -0.39 is 0 Å². The molecular formula is C17H9BrClN3OS. The Balaban J connectivity index is 1.81. The van der Waals surface area contributed by atoms with Crippen LogP contribution in [0.15, 0.2) is 57.8 Å². The first-order valence-electron chi connectivity index (χ1n) is 7.03. The molecule has 0 spiro atoms. The van der Waals surface area contributed by atoms with E-state index >= 15 is 0 Å². The van der Waals surface area contributed by atoms with E-state index in [0.717, 1.165) is 15.6 Å². The first-order chi connectivity index (χ1) is 11.6. The molecule has 0 aliphatic carbocycles. The van der Waals surface area contributed by atoms with Crippen molar-refractivity contribution in [3.05, 3.63) is 78.5 Å². The number of rotatable bonds is 2. The summed E-state index contributed by atoms with van der Waals surface area (Å²) in [7, 11) is 0. The standard InChI is InChI=1S/C17H9BrClN3OS/c18-12-3-1-2-10(8-12)9-14-16(23)22-17(24-14)20-15(21-22)11-4-6-13(19)7-5-11/h1-9H/b14-9+. The Labute approximate surface area is 154 Å². The summed E-state index contributed by atoms with van der Waals surface area (Å²) in [5.74, 6) is 0.518. The summed E-state index contributed by atoms with van der Waals surface area (Å²) in [6, 6.07) is 15.0. The van der Waals surface area contributed by atoms with Gasteiger partial charge in [-0.3, -0.25) is 4.79 Å². The van der Waals surface area contributed by atoms with Crippen molar-refractivity contribution in [1.82, 2.24) is 14.6 Å². The lowest BCUT2D eigenvalue weighted by Gasteiger charge is -1.94. The zero-order chi connectivity index (χ0) is 16.7. The van der Waals surface area contributed by atoms with Gasteiger partial charge in [-0.2, -0.15) is 9.50 Å². The van der Waals surface area contributed by atoms with Crippen LogP contribution in [0.4, 0.5) is 0 Å². The van der Waals surface area contributed by atoms with Gasteiger partial charge in [-0.15, -0.1) is 5.10 Å². The second-order valence-electron chi connectivity index (χ2n) is 5.11. The molecule has 2 aromatic carbocycles. The van der Waals surface area contributed by atoms with Crippen LogP contribution in [0.3, 0.4) is 0 Å². The number of aromatic nitrogens is 3. The highest BCUT2D eigenvalue weighted by Gasteiger charge is 2.11. The first kappa shape index (κ1) is 15.5. The lowest BCUT2D eigenvalue weighted by atomic mass is 10.2. The normalized spacial score (nSPS) is 12.2. The van der Waals surface area contributed by atoms with Gasteiger partial charge in [-0.05, 0) is 48.0 Å². The molecule has 7 heteroatoms. The molecule has 0 radical (unpaired) electrons. The Morgan fingerprint density at radius 1 is 1.17 bits per heavy atom. The van der Waals surface area contributed by atoms with Crippen molar-refractivity contribution >= 4 is 49.9 Å². The zero-order valence-electron chi connectivity index (χ0n) is 12.1. The number of hydrogen-bond acceptors (Lipinski definition) is 4. The molecule has 0 N–H and O–H groups in total. The molecule has 2 aromatic heterocycles. The van der Waals surface area contributed by atoms with Crippen molar-refractivity contribution in [3.8, 4) is 11.4 Å². The molecule has 0 amide bonds. The van der Waals surface area contributed by atoms with E-state index in [-0.39, 0.29) is 5.56 Å². The highest BCUT2D eigenvalue weighted by molar-refractivity contribution is 9.10. The second kappa shape index (κ2) is 6.12. The Kier molecular flexibility index (Phi) is 3.96. The van der Waals surface area contributed by atoms with Gasteiger partial charge in [0.05, 0.1) is 4.53 Å². The van der Waals surface area contributed by atoms with Gasteiger partial charge in [-0.25, -0.2) is 0 Å². The fourth-order valence-electron chi connectivity index (χ4n) is 2.30. The topological polar surface area (TPSA) is 47.3 Å². The summed E-state index contributed by atoms with van der Waals surface area (Å²) in [5, 5.41) is 4.97. The quantitative estimate of drug-likeness (QED) is 0.498. The molecule has 0 atom stereocenters. The van der Waals surface area contributed by atoms with Crippen molar-refractivity contribution < 1.29 is 0 Å². The lowest BCUT2D eigenvalue weighted by Crippen LogP contribution is -2.23. The highest BCUT2D eigenvalue weighted by atomic mass is 79.9. The van der Waals surface area contributed by atoms with E-state index in [0.29, 0.717) is 20.3 Å². The molecule has 4 aromatic rings. The Morgan fingerprint density at radius 2 is 1.96 bits per heavy atom. The molecule has 2 heterocycles. The Morgan fingerprint density at radius 3 is 2.67 bits per heavy atom. The first-order valence-corrected chi connectivity index (χ1v) is 9.02. The van der Waals surface area contributed by atoms with Crippen molar-refractivity contribution in [2.75, 3.05) is 0 Å². The third-order valence-corrected chi connectivity index (χ3v) is 5.14. The molecule has 118 valence electrons. The van der Waals surface area contributed by atoms with Crippen LogP contribution in [0.25, 0.3) is 22.4 Å². The highest BCUT2D eigenvalue weighted by Crippen LogP contribution is 2.19. The summed E-state index contributed by atoms with van der Waals surface area (Å²) in [5.41, 5.74) is 1.61. The van der Waals surface area contributed by atoms with Crippen molar-refractivity contribution in [2.24, 2.45) is 0 Å². The summed E-state index contributed by atoms with van der Waals surface area (Å²) in [4.78, 5) is 17.5. The minimum Gasteiger partial charge on any atom is -0.266 e. The van der Waals surface area contributed by atoms with Gasteiger partial charge >= 0.3 is 0 Å². The molecule has 0 fully saturated rings. The Hall–Kier alpha value is -2.02. The maximum Gasteiger partial charge on any atom is 0.291 e. The third kappa shape index (κ3) is 2.88. The predicted molar refractivity (Wildman–Crippen MR) is 101 cm³/mol. The zero-order valence-corrected chi connectivity index (χ0v) is 15.3. The van der Waals surface area contributed by atoms with E-state index in [1.165, 1.54) is 15.9 Å². The lowest BCUT2D eigenvalue weighted by molar-refractivity contribution is 0.937. The van der Waals surface area contributed by atoms with Crippen molar-refractivity contribution in [3.63, 3.8) is 0 Å². The predicted octanol–water partition coefficient (Wildman–Crippen LogP) is 3.78. The van der Waals surface area contributed by atoms with Gasteiger partial charge in [0.15, 0.2) is 5.82 Å². The van der Waals surface area contributed by atoms with Crippen LogP contribution in [0.5, 0.6) is 0 Å². The summed E-state index contributed by atoms with van der Waals surface area (Å²) in [6.45, 7) is 0. The van der Waals surface area contributed by atoms with E-state index in [9.17, 15) is 4.79 Å². The van der Waals surface area contributed by atoms with Gasteiger partial charge in [-0.1, -0.05) is 51.0 Å². The van der Waals surface area contributed by atoms with Gasteiger partial charge in [0.2, 0.25) is 4.96 Å². The van der Waals surface area contributed by atoms with Gasteiger partial charge in [0.25, 0.3) is 5.56 Å². The molecule has 0 aliphatic rings. The van der Waals surface area contributed by atoms with E-state index in [2.05, 4.69) is 26.0 Å². The molecular weight excluding hydrogens is 410 g/mol. The van der Waals surface area contributed by atoms with Crippen LogP contribution < -0.4 is 10.1 Å². The average Bonchev–Trinajstić information content (AvgIpc) is 3.09. The van der Waals surface area contributed by atoms with Gasteiger partial charge < -0.3 is 0 Å². The molecule has 4 nitrogen and oxygen atoms in total.